The highest BCUT2D eigenvalue weighted by molar-refractivity contribution is 7.89. The lowest BCUT2D eigenvalue weighted by atomic mass is 10.1. The van der Waals surface area contributed by atoms with Gasteiger partial charge in [-0.2, -0.15) is 0 Å². The van der Waals surface area contributed by atoms with Gasteiger partial charge in [0, 0.05) is 19.1 Å². The lowest BCUT2D eigenvalue weighted by Crippen LogP contribution is -2.50. The van der Waals surface area contributed by atoms with E-state index < -0.39 is 10.0 Å². The number of nitrogens with zero attached hydrogens (tertiary/aromatic N) is 1. The van der Waals surface area contributed by atoms with E-state index in [1.54, 1.807) is 20.9 Å². The molecule has 1 fully saturated rings. The highest BCUT2D eigenvalue weighted by Crippen LogP contribution is 2.14. The SMILES string of the molecule is CCS(=O)(=O)N1CCC(NC(=O)C(C)NC)CC1. The molecule has 1 rings (SSSR count). The Bertz CT molecular complexity index is 375. The van der Waals surface area contributed by atoms with Crippen LogP contribution in [-0.4, -0.2) is 56.6 Å². The van der Waals surface area contributed by atoms with E-state index in [-0.39, 0.29) is 23.7 Å². The van der Waals surface area contributed by atoms with Gasteiger partial charge in [0.2, 0.25) is 15.9 Å². The number of sulfonamides is 1. The Morgan fingerprint density at radius 2 is 1.94 bits per heavy atom. The molecule has 1 amide bonds. The second-order valence-electron chi connectivity index (χ2n) is 4.59. The van der Waals surface area contributed by atoms with Gasteiger partial charge in [0.25, 0.3) is 0 Å². The molecule has 0 aromatic heterocycles. The first-order chi connectivity index (χ1) is 8.40. The fourth-order valence-electron chi connectivity index (χ4n) is 1.92. The zero-order valence-corrected chi connectivity index (χ0v) is 12.1. The minimum absolute atomic E-state index is 0.0331. The predicted octanol–water partition coefficient (Wildman–Crippen LogP) is -0.475. The van der Waals surface area contributed by atoms with Crippen LogP contribution in [0.4, 0.5) is 0 Å². The zero-order valence-electron chi connectivity index (χ0n) is 11.3. The molecule has 1 heterocycles. The minimum atomic E-state index is -3.09. The topological polar surface area (TPSA) is 78.5 Å². The third-order valence-electron chi connectivity index (χ3n) is 3.38. The van der Waals surface area contributed by atoms with E-state index in [9.17, 15) is 13.2 Å². The van der Waals surface area contributed by atoms with E-state index in [1.807, 2.05) is 0 Å². The van der Waals surface area contributed by atoms with Crippen molar-refractivity contribution in [1.29, 1.82) is 0 Å². The fourth-order valence-corrected chi connectivity index (χ4v) is 3.05. The number of carbonyl (C=O) groups is 1. The first-order valence-corrected chi connectivity index (χ1v) is 7.97. The number of rotatable bonds is 5. The Labute approximate surface area is 109 Å². The second-order valence-corrected chi connectivity index (χ2v) is 6.85. The van der Waals surface area contributed by atoms with E-state index in [0.29, 0.717) is 25.9 Å². The summed E-state index contributed by atoms with van der Waals surface area (Å²) in [4.78, 5) is 11.7. The Hall–Kier alpha value is -0.660. The van der Waals surface area contributed by atoms with Crippen molar-refractivity contribution >= 4 is 15.9 Å². The maximum atomic E-state index is 11.7. The number of piperidine rings is 1. The summed E-state index contributed by atoms with van der Waals surface area (Å²) < 4.78 is 24.8. The lowest BCUT2D eigenvalue weighted by Gasteiger charge is -2.31. The number of hydrogen-bond donors (Lipinski definition) is 2. The molecule has 1 aliphatic heterocycles. The molecular weight excluding hydrogens is 254 g/mol. The van der Waals surface area contributed by atoms with Crippen molar-refractivity contribution in [3.63, 3.8) is 0 Å². The van der Waals surface area contributed by atoms with Crippen LogP contribution >= 0.6 is 0 Å². The number of carbonyl (C=O) groups excluding carboxylic acids is 1. The molecule has 1 aliphatic rings. The van der Waals surface area contributed by atoms with E-state index in [2.05, 4.69) is 10.6 Å². The van der Waals surface area contributed by atoms with Gasteiger partial charge >= 0.3 is 0 Å². The molecule has 1 unspecified atom stereocenters. The van der Waals surface area contributed by atoms with Crippen LogP contribution < -0.4 is 10.6 Å². The average Bonchev–Trinajstić information content (AvgIpc) is 2.38. The summed E-state index contributed by atoms with van der Waals surface area (Å²) in [6.45, 7) is 4.44. The average molecular weight is 277 g/mol. The van der Waals surface area contributed by atoms with Crippen LogP contribution in [0.25, 0.3) is 0 Å². The van der Waals surface area contributed by atoms with Gasteiger partial charge in [-0.05, 0) is 33.7 Å². The molecule has 1 atom stereocenters. The van der Waals surface area contributed by atoms with Crippen LogP contribution in [-0.2, 0) is 14.8 Å². The Morgan fingerprint density at radius 3 is 2.39 bits per heavy atom. The van der Waals surface area contributed by atoms with Gasteiger partial charge < -0.3 is 10.6 Å². The summed E-state index contributed by atoms with van der Waals surface area (Å²) in [5.41, 5.74) is 0. The van der Waals surface area contributed by atoms with Gasteiger partial charge in [0.1, 0.15) is 0 Å². The van der Waals surface area contributed by atoms with Crippen molar-refractivity contribution in [3.05, 3.63) is 0 Å². The summed E-state index contributed by atoms with van der Waals surface area (Å²) in [5, 5.41) is 5.81. The van der Waals surface area contributed by atoms with Crippen LogP contribution in [0.3, 0.4) is 0 Å². The van der Waals surface area contributed by atoms with Crippen molar-refractivity contribution in [3.8, 4) is 0 Å². The summed E-state index contributed by atoms with van der Waals surface area (Å²) in [5.74, 6) is 0.107. The van der Waals surface area contributed by atoms with Gasteiger partial charge in [0.15, 0.2) is 0 Å². The third kappa shape index (κ3) is 3.93. The number of hydrogen-bond acceptors (Lipinski definition) is 4. The Kier molecular flexibility index (Phi) is 5.55. The highest BCUT2D eigenvalue weighted by atomic mass is 32.2. The molecule has 18 heavy (non-hydrogen) atoms. The molecule has 0 spiro atoms. The Balaban J connectivity index is 2.43. The summed E-state index contributed by atoms with van der Waals surface area (Å²) >= 11 is 0. The van der Waals surface area contributed by atoms with Crippen molar-refractivity contribution in [2.75, 3.05) is 25.9 Å². The molecule has 0 aromatic carbocycles. The fraction of sp³-hybridized carbons (Fsp3) is 0.909. The molecule has 0 saturated carbocycles. The predicted molar refractivity (Wildman–Crippen MR) is 70.7 cm³/mol. The molecule has 7 heteroatoms. The number of likely N-dealkylation sites (N-methyl/N-ethyl adjacent to an activating group) is 1. The first kappa shape index (κ1) is 15.4. The van der Waals surface area contributed by atoms with Crippen LogP contribution in [0.15, 0.2) is 0 Å². The van der Waals surface area contributed by atoms with Gasteiger partial charge in [-0.25, -0.2) is 12.7 Å². The normalized spacial score (nSPS) is 20.6. The molecule has 1 saturated heterocycles. The molecule has 2 N–H and O–H groups in total. The molecule has 0 aliphatic carbocycles. The first-order valence-electron chi connectivity index (χ1n) is 6.36. The highest BCUT2D eigenvalue weighted by Gasteiger charge is 2.27. The maximum Gasteiger partial charge on any atom is 0.237 e. The number of nitrogens with one attached hydrogen (secondary N) is 2. The van der Waals surface area contributed by atoms with Gasteiger partial charge in [0.05, 0.1) is 11.8 Å². The maximum absolute atomic E-state index is 11.7. The summed E-state index contributed by atoms with van der Waals surface area (Å²) in [7, 11) is -1.35. The third-order valence-corrected chi connectivity index (χ3v) is 5.27. The largest absolute Gasteiger partial charge is 0.352 e. The number of amides is 1. The standard InChI is InChI=1S/C11H23N3O3S/c1-4-18(16,17)14-7-5-10(6-8-14)13-11(15)9(2)12-3/h9-10,12H,4-8H2,1-3H3,(H,13,15). The van der Waals surface area contributed by atoms with Crippen LogP contribution in [0.5, 0.6) is 0 Å². The zero-order chi connectivity index (χ0) is 13.8. The van der Waals surface area contributed by atoms with E-state index in [0.717, 1.165) is 0 Å². The van der Waals surface area contributed by atoms with E-state index >= 15 is 0 Å². The van der Waals surface area contributed by atoms with Crippen molar-refractivity contribution in [2.24, 2.45) is 0 Å². The lowest BCUT2D eigenvalue weighted by molar-refractivity contribution is -0.123. The van der Waals surface area contributed by atoms with Crippen LogP contribution in [0.2, 0.25) is 0 Å². The van der Waals surface area contributed by atoms with Crippen LogP contribution in [0.1, 0.15) is 26.7 Å². The van der Waals surface area contributed by atoms with Gasteiger partial charge in [-0.15, -0.1) is 0 Å². The van der Waals surface area contributed by atoms with Gasteiger partial charge in [-0.3, -0.25) is 4.79 Å². The summed E-state index contributed by atoms with van der Waals surface area (Å²) in [6.07, 6.45) is 1.36. The Morgan fingerprint density at radius 1 is 1.39 bits per heavy atom. The smallest absolute Gasteiger partial charge is 0.237 e. The quantitative estimate of drug-likeness (QED) is 0.712. The van der Waals surface area contributed by atoms with E-state index in [4.69, 9.17) is 0 Å². The van der Waals surface area contributed by atoms with Crippen LogP contribution in [0, 0.1) is 0 Å². The second kappa shape index (κ2) is 6.49. The molecule has 106 valence electrons. The molecular formula is C11H23N3O3S. The van der Waals surface area contributed by atoms with Crippen molar-refractivity contribution in [1.82, 2.24) is 14.9 Å². The van der Waals surface area contributed by atoms with Crippen molar-refractivity contribution in [2.45, 2.75) is 38.8 Å². The van der Waals surface area contributed by atoms with Crippen molar-refractivity contribution < 1.29 is 13.2 Å². The monoisotopic (exact) mass is 277 g/mol. The van der Waals surface area contributed by atoms with Gasteiger partial charge in [-0.1, -0.05) is 0 Å². The summed E-state index contributed by atoms with van der Waals surface area (Å²) in [6, 6.07) is -0.140. The molecule has 6 nitrogen and oxygen atoms in total. The van der Waals surface area contributed by atoms with E-state index in [1.165, 1.54) is 4.31 Å². The molecule has 0 bridgehead atoms. The molecule has 0 radical (unpaired) electrons. The minimum Gasteiger partial charge on any atom is -0.352 e. The molecule has 0 aromatic rings.